The molecule has 0 aliphatic heterocycles. The molecule has 0 radical (unpaired) electrons. The van der Waals surface area contributed by atoms with Crippen LogP contribution in [0.2, 0.25) is 0 Å². The van der Waals surface area contributed by atoms with Crippen LogP contribution in [0, 0.1) is 0 Å². The molecule has 0 amide bonds. The molecule has 0 heterocycles. The second-order valence-corrected chi connectivity index (χ2v) is 7.39. The fraction of sp³-hybridized carbons (Fsp3) is 0.500. The van der Waals surface area contributed by atoms with Gasteiger partial charge in [0.15, 0.2) is 0 Å². The van der Waals surface area contributed by atoms with Crippen LogP contribution in [0.1, 0.15) is 37.5 Å². The van der Waals surface area contributed by atoms with Gasteiger partial charge in [0, 0.05) is 13.2 Å². The van der Waals surface area contributed by atoms with Gasteiger partial charge in [-0.3, -0.25) is 0 Å². The predicted octanol–water partition coefficient (Wildman–Crippen LogP) is 3.58. The molecule has 0 aliphatic rings. The Labute approximate surface area is 180 Å². The minimum atomic E-state index is -0.602. The van der Waals surface area contributed by atoms with Gasteiger partial charge >= 0.3 is 0 Å². The highest BCUT2D eigenvalue weighted by atomic mass is 16.5. The average Bonchev–Trinajstić information content (AvgIpc) is 2.77. The van der Waals surface area contributed by atoms with E-state index in [4.69, 9.17) is 18.9 Å². The van der Waals surface area contributed by atoms with Gasteiger partial charge in [0.2, 0.25) is 0 Å². The lowest BCUT2D eigenvalue weighted by Gasteiger charge is -2.22. The Morgan fingerprint density at radius 3 is 1.83 bits per heavy atom. The molecule has 0 fully saturated rings. The maximum Gasteiger partial charge on any atom is 0.118 e. The minimum Gasteiger partial charge on any atom is -0.497 e. The van der Waals surface area contributed by atoms with E-state index in [1.54, 1.807) is 14.2 Å². The van der Waals surface area contributed by atoms with Crippen LogP contribution >= 0.6 is 0 Å². The Bertz CT molecular complexity index is 655. The summed E-state index contributed by atoms with van der Waals surface area (Å²) in [4.78, 5) is 0. The van der Waals surface area contributed by atoms with Crippen molar-refractivity contribution in [1.82, 2.24) is 5.32 Å². The first-order chi connectivity index (χ1) is 14.5. The predicted molar refractivity (Wildman–Crippen MR) is 118 cm³/mol. The smallest absolute Gasteiger partial charge is 0.118 e. The molecule has 0 saturated carbocycles. The van der Waals surface area contributed by atoms with Gasteiger partial charge in [0.05, 0.1) is 33.0 Å². The molecule has 0 spiro atoms. The molecule has 0 unspecified atom stereocenters. The molecule has 2 N–H and O–H groups in total. The Hall–Kier alpha value is -2.12. The highest BCUT2D eigenvalue weighted by Gasteiger charge is 2.17. The molecular weight excluding hydrogens is 382 g/mol. The molecule has 2 aromatic carbocycles. The number of aliphatic hydroxyl groups is 1. The van der Waals surface area contributed by atoms with Gasteiger partial charge in [-0.15, -0.1) is 0 Å². The fourth-order valence-electron chi connectivity index (χ4n) is 2.99. The lowest BCUT2D eigenvalue weighted by atomic mass is 10.0. The standard InChI is InChI=1S/C24H35NO5/c1-18(2)29-15-5-14-25-16-21(26)17-30-24(19-6-10-22(27-3)11-7-19)20-8-12-23(28-4)13-9-20/h6-13,18,21,24-26H,5,14-17H2,1-4H3/t21-/m0/s1. The number of aliphatic hydroxyl groups excluding tert-OH is 1. The van der Waals surface area contributed by atoms with Crippen molar-refractivity contribution in [3.05, 3.63) is 59.7 Å². The molecule has 2 aromatic rings. The highest BCUT2D eigenvalue weighted by Crippen LogP contribution is 2.29. The molecule has 0 aliphatic carbocycles. The van der Waals surface area contributed by atoms with E-state index in [9.17, 15) is 5.11 Å². The molecule has 6 nitrogen and oxygen atoms in total. The van der Waals surface area contributed by atoms with E-state index in [1.165, 1.54) is 0 Å². The Morgan fingerprint density at radius 1 is 0.833 bits per heavy atom. The van der Waals surface area contributed by atoms with E-state index < -0.39 is 6.10 Å². The summed E-state index contributed by atoms with van der Waals surface area (Å²) in [5, 5.41) is 13.6. The molecule has 0 saturated heterocycles. The number of benzene rings is 2. The topological polar surface area (TPSA) is 69.2 Å². The van der Waals surface area contributed by atoms with Gasteiger partial charge in [-0.2, -0.15) is 0 Å². The Balaban J connectivity index is 1.92. The zero-order valence-corrected chi connectivity index (χ0v) is 18.5. The third kappa shape index (κ3) is 8.32. The van der Waals surface area contributed by atoms with Gasteiger partial charge in [-0.1, -0.05) is 24.3 Å². The molecule has 6 heteroatoms. The van der Waals surface area contributed by atoms with Gasteiger partial charge in [0.1, 0.15) is 17.6 Å². The first-order valence-electron chi connectivity index (χ1n) is 10.4. The average molecular weight is 418 g/mol. The van der Waals surface area contributed by atoms with Crippen LogP contribution in [-0.2, 0) is 9.47 Å². The number of nitrogens with one attached hydrogen (secondary N) is 1. The monoisotopic (exact) mass is 417 g/mol. The van der Waals surface area contributed by atoms with Crippen LogP contribution in [0.5, 0.6) is 11.5 Å². The SMILES string of the molecule is COc1ccc(C(OC[C@@H](O)CNCCCOC(C)C)c2ccc(OC)cc2)cc1. The summed E-state index contributed by atoms with van der Waals surface area (Å²) < 4.78 is 22.2. The van der Waals surface area contributed by atoms with Crippen molar-refractivity contribution >= 4 is 0 Å². The van der Waals surface area contributed by atoms with Crippen molar-refractivity contribution in [1.29, 1.82) is 0 Å². The highest BCUT2D eigenvalue weighted by molar-refractivity contribution is 5.36. The molecule has 1 atom stereocenters. The third-order valence-electron chi connectivity index (χ3n) is 4.62. The summed E-state index contributed by atoms with van der Waals surface area (Å²) in [7, 11) is 3.29. The Kier molecular flexibility index (Phi) is 10.7. The van der Waals surface area contributed by atoms with Crippen LogP contribution in [0.25, 0.3) is 0 Å². The summed E-state index contributed by atoms with van der Waals surface area (Å²) in [6.07, 6.45) is 0.259. The number of hydrogen-bond acceptors (Lipinski definition) is 6. The van der Waals surface area contributed by atoms with Crippen molar-refractivity contribution in [3.8, 4) is 11.5 Å². The van der Waals surface area contributed by atoms with E-state index in [0.29, 0.717) is 13.2 Å². The van der Waals surface area contributed by atoms with Gasteiger partial charge in [0.25, 0.3) is 0 Å². The number of hydrogen-bond donors (Lipinski definition) is 2. The summed E-state index contributed by atoms with van der Waals surface area (Å²) in [6, 6.07) is 15.6. The van der Waals surface area contributed by atoms with E-state index in [1.807, 2.05) is 62.4 Å². The van der Waals surface area contributed by atoms with E-state index in [2.05, 4.69) is 5.32 Å². The second kappa shape index (κ2) is 13.2. The van der Waals surface area contributed by atoms with Gasteiger partial charge in [-0.25, -0.2) is 0 Å². The van der Waals surface area contributed by atoms with Crippen LogP contribution in [0.4, 0.5) is 0 Å². The maximum atomic E-state index is 10.3. The summed E-state index contributed by atoms with van der Waals surface area (Å²) in [6.45, 7) is 6.25. The van der Waals surface area contributed by atoms with E-state index >= 15 is 0 Å². The lowest BCUT2D eigenvalue weighted by Crippen LogP contribution is -2.32. The number of rotatable bonds is 14. The molecule has 2 rings (SSSR count). The van der Waals surface area contributed by atoms with Crippen LogP contribution in [0.15, 0.2) is 48.5 Å². The molecular formula is C24H35NO5. The summed E-state index contributed by atoms with van der Waals surface area (Å²) in [5.41, 5.74) is 1.99. The minimum absolute atomic E-state index is 0.220. The number of methoxy groups -OCH3 is 2. The number of ether oxygens (including phenoxy) is 4. The molecule has 30 heavy (non-hydrogen) atoms. The van der Waals surface area contributed by atoms with Crippen molar-refractivity contribution in [3.63, 3.8) is 0 Å². The van der Waals surface area contributed by atoms with E-state index in [0.717, 1.165) is 35.6 Å². The maximum absolute atomic E-state index is 10.3. The van der Waals surface area contributed by atoms with Crippen molar-refractivity contribution < 1.29 is 24.1 Å². The van der Waals surface area contributed by atoms with Crippen molar-refractivity contribution in [2.75, 3.05) is 40.5 Å². The summed E-state index contributed by atoms with van der Waals surface area (Å²) in [5.74, 6) is 1.58. The summed E-state index contributed by atoms with van der Waals surface area (Å²) >= 11 is 0. The first-order valence-corrected chi connectivity index (χ1v) is 10.4. The molecule has 0 bridgehead atoms. The third-order valence-corrected chi connectivity index (χ3v) is 4.62. The largest absolute Gasteiger partial charge is 0.497 e. The Morgan fingerprint density at radius 2 is 1.37 bits per heavy atom. The van der Waals surface area contributed by atoms with Crippen LogP contribution < -0.4 is 14.8 Å². The van der Waals surface area contributed by atoms with Crippen LogP contribution in [0.3, 0.4) is 0 Å². The first kappa shape index (κ1) is 24.2. The zero-order chi connectivity index (χ0) is 21.8. The molecule has 166 valence electrons. The second-order valence-electron chi connectivity index (χ2n) is 7.39. The lowest BCUT2D eigenvalue weighted by molar-refractivity contribution is 0.00627. The normalized spacial score (nSPS) is 12.4. The van der Waals surface area contributed by atoms with E-state index in [-0.39, 0.29) is 18.8 Å². The quantitative estimate of drug-likeness (QED) is 0.458. The molecule has 0 aromatic heterocycles. The van der Waals surface area contributed by atoms with Crippen molar-refractivity contribution in [2.45, 2.75) is 38.6 Å². The van der Waals surface area contributed by atoms with Gasteiger partial charge < -0.3 is 29.4 Å². The van der Waals surface area contributed by atoms with Crippen molar-refractivity contribution in [2.24, 2.45) is 0 Å². The van der Waals surface area contributed by atoms with Gasteiger partial charge in [-0.05, 0) is 62.2 Å². The fourth-order valence-corrected chi connectivity index (χ4v) is 2.99. The zero-order valence-electron chi connectivity index (χ0n) is 18.5. The van der Waals surface area contributed by atoms with Crippen LogP contribution in [-0.4, -0.2) is 57.8 Å².